The second-order valence-corrected chi connectivity index (χ2v) is 10.9. The molecular weight excluding hydrogens is 533 g/mol. The summed E-state index contributed by atoms with van der Waals surface area (Å²) >= 11 is 18.4. The van der Waals surface area contributed by atoms with Gasteiger partial charge >= 0.3 is 0 Å². The molecule has 0 bridgehead atoms. The summed E-state index contributed by atoms with van der Waals surface area (Å²) in [5, 5.41) is 13.5. The molecule has 192 valence electrons. The van der Waals surface area contributed by atoms with Crippen LogP contribution in [-0.2, 0) is 19.5 Å². The lowest BCUT2D eigenvalue weighted by atomic mass is 9.98. The minimum Gasteiger partial charge on any atom is -0.377 e. The lowest BCUT2D eigenvalue weighted by Crippen LogP contribution is -2.15. The van der Waals surface area contributed by atoms with Gasteiger partial charge in [0.2, 0.25) is 0 Å². The Labute approximate surface area is 237 Å². The van der Waals surface area contributed by atoms with Crippen molar-refractivity contribution in [2.75, 3.05) is 10.6 Å². The molecule has 38 heavy (non-hydrogen) atoms. The maximum atomic E-state index is 6.27. The molecule has 0 atom stereocenters. The van der Waals surface area contributed by atoms with Gasteiger partial charge in [0.25, 0.3) is 0 Å². The van der Waals surface area contributed by atoms with Crippen molar-refractivity contribution in [1.82, 2.24) is 14.2 Å². The number of nitrogens with one attached hydrogen (secondary N) is 2. The number of nitrogens with zero attached hydrogens (tertiary/aromatic N) is 3. The van der Waals surface area contributed by atoms with Gasteiger partial charge in [0, 0.05) is 39.1 Å². The molecule has 3 aromatic carbocycles. The minimum atomic E-state index is 0.583. The van der Waals surface area contributed by atoms with E-state index in [1.807, 2.05) is 48.5 Å². The molecule has 5 nitrogen and oxygen atoms in total. The molecular formula is C30H27Cl2N5S. The summed E-state index contributed by atoms with van der Waals surface area (Å²) in [6.07, 6.45) is 3.18. The van der Waals surface area contributed by atoms with Gasteiger partial charge in [-0.05, 0) is 73.7 Å². The zero-order valence-corrected chi connectivity index (χ0v) is 23.3. The van der Waals surface area contributed by atoms with Crippen LogP contribution < -0.4 is 10.6 Å². The molecule has 1 aliphatic heterocycles. The molecule has 0 saturated carbocycles. The van der Waals surface area contributed by atoms with Gasteiger partial charge in [-0.2, -0.15) is 5.10 Å². The van der Waals surface area contributed by atoms with E-state index in [1.165, 1.54) is 5.56 Å². The summed E-state index contributed by atoms with van der Waals surface area (Å²) in [5.41, 5.74) is 8.66. The lowest BCUT2D eigenvalue weighted by molar-refractivity contribution is 0.619. The predicted molar refractivity (Wildman–Crippen MR) is 162 cm³/mol. The molecule has 0 saturated heterocycles. The summed E-state index contributed by atoms with van der Waals surface area (Å²) in [5.74, 6) is 0.970. The Morgan fingerprint density at radius 3 is 2.53 bits per heavy atom. The molecule has 0 fully saturated rings. The normalized spacial score (nSPS) is 12.9. The highest BCUT2D eigenvalue weighted by atomic mass is 35.5. The van der Waals surface area contributed by atoms with E-state index < -0.39 is 0 Å². The third kappa shape index (κ3) is 4.68. The fraction of sp³-hybridized carbons (Fsp3) is 0.200. The van der Waals surface area contributed by atoms with E-state index in [9.17, 15) is 0 Å². The van der Waals surface area contributed by atoms with Crippen LogP contribution in [0.15, 0.2) is 72.8 Å². The van der Waals surface area contributed by atoms with Crippen molar-refractivity contribution < 1.29 is 0 Å². The molecule has 0 radical (unpaired) electrons. The number of anilines is 2. The van der Waals surface area contributed by atoms with Crippen LogP contribution in [0.25, 0.3) is 16.8 Å². The van der Waals surface area contributed by atoms with Gasteiger partial charge in [0.1, 0.15) is 16.3 Å². The smallest absolute Gasteiger partial charge is 0.150 e. The highest BCUT2D eigenvalue weighted by molar-refractivity contribution is 7.81. The Bertz CT molecular complexity index is 1640. The summed E-state index contributed by atoms with van der Waals surface area (Å²) in [6.45, 7) is 3.57. The summed E-state index contributed by atoms with van der Waals surface area (Å²) in [7, 11) is 0. The van der Waals surface area contributed by atoms with E-state index >= 15 is 0 Å². The van der Waals surface area contributed by atoms with E-state index in [0.717, 1.165) is 71.0 Å². The number of benzene rings is 3. The second kappa shape index (κ2) is 10.4. The van der Waals surface area contributed by atoms with Crippen LogP contribution >= 0.6 is 35.4 Å². The van der Waals surface area contributed by atoms with Crippen LogP contribution in [0.4, 0.5) is 11.4 Å². The van der Waals surface area contributed by atoms with Crippen molar-refractivity contribution in [3.05, 3.63) is 105 Å². The second-order valence-electron chi connectivity index (χ2n) is 9.60. The SMILES string of the molecule is Cc1ccc(Cl)cc1NCc1nn2c(C(=S)Nc3ccc(Cl)cc3)c(-c3ccccc3)c3c2n1CCCC3. The first-order valence-electron chi connectivity index (χ1n) is 12.7. The maximum absolute atomic E-state index is 6.27. The lowest BCUT2D eigenvalue weighted by Gasteiger charge is -2.12. The van der Waals surface area contributed by atoms with Crippen molar-refractivity contribution in [3.8, 4) is 11.1 Å². The first kappa shape index (κ1) is 25.0. The van der Waals surface area contributed by atoms with E-state index in [0.29, 0.717) is 21.6 Å². The molecule has 2 aromatic heterocycles. The van der Waals surface area contributed by atoms with Crippen LogP contribution in [0.3, 0.4) is 0 Å². The van der Waals surface area contributed by atoms with Crippen molar-refractivity contribution >= 4 is 57.4 Å². The Balaban J connectivity index is 1.48. The number of aryl methyl sites for hydroxylation is 3. The number of hydrogen-bond donors (Lipinski definition) is 2. The average Bonchev–Trinajstić information content (AvgIpc) is 3.32. The first-order valence-corrected chi connectivity index (χ1v) is 13.9. The Morgan fingerprint density at radius 1 is 0.974 bits per heavy atom. The fourth-order valence-electron chi connectivity index (χ4n) is 5.24. The van der Waals surface area contributed by atoms with Crippen molar-refractivity contribution in [2.45, 2.75) is 39.3 Å². The Morgan fingerprint density at radius 2 is 1.74 bits per heavy atom. The number of hydrogen-bond acceptors (Lipinski definition) is 3. The van der Waals surface area contributed by atoms with Crippen molar-refractivity contribution in [2.24, 2.45) is 0 Å². The average molecular weight is 561 g/mol. The van der Waals surface area contributed by atoms with Gasteiger partial charge in [-0.3, -0.25) is 0 Å². The molecule has 0 unspecified atom stereocenters. The van der Waals surface area contributed by atoms with Gasteiger partial charge in [-0.25, -0.2) is 4.52 Å². The quantitative estimate of drug-likeness (QED) is 0.206. The standard InChI is InChI=1S/C30H27Cl2N5S/c1-19-10-11-22(32)17-25(19)33-18-26-35-37-28(29(38)34-23-14-12-21(31)13-15-23)27(20-7-3-2-4-8-20)24-9-5-6-16-36(26)30(24)37/h2-4,7-8,10-15,17,33H,5-6,9,16,18H2,1H3,(H,34,38). The Kier molecular flexibility index (Phi) is 6.87. The maximum Gasteiger partial charge on any atom is 0.150 e. The van der Waals surface area contributed by atoms with Gasteiger partial charge in [0.15, 0.2) is 5.82 Å². The first-order chi connectivity index (χ1) is 18.5. The molecule has 0 aliphatic carbocycles. The molecule has 0 amide bonds. The van der Waals surface area contributed by atoms with Crippen LogP contribution in [0.5, 0.6) is 0 Å². The van der Waals surface area contributed by atoms with E-state index in [-0.39, 0.29) is 0 Å². The Hall–Kier alpha value is -3.32. The molecule has 6 rings (SSSR count). The molecule has 0 spiro atoms. The van der Waals surface area contributed by atoms with Crippen molar-refractivity contribution in [1.29, 1.82) is 0 Å². The van der Waals surface area contributed by atoms with E-state index in [4.69, 9.17) is 40.5 Å². The molecule has 1 aliphatic rings. The highest BCUT2D eigenvalue weighted by Crippen LogP contribution is 2.37. The largest absolute Gasteiger partial charge is 0.377 e. The van der Waals surface area contributed by atoms with Gasteiger partial charge < -0.3 is 15.2 Å². The summed E-state index contributed by atoms with van der Waals surface area (Å²) in [4.78, 5) is 0.628. The third-order valence-electron chi connectivity index (χ3n) is 7.08. The zero-order chi connectivity index (χ0) is 26.2. The summed E-state index contributed by atoms with van der Waals surface area (Å²) < 4.78 is 4.41. The number of aromatic nitrogens is 3. The molecule has 2 N–H and O–H groups in total. The van der Waals surface area contributed by atoms with Crippen LogP contribution in [0.1, 0.15) is 35.5 Å². The number of rotatable bonds is 6. The third-order valence-corrected chi connectivity index (χ3v) is 7.86. The topological polar surface area (TPSA) is 46.3 Å². The fourth-order valence-corrected chi connectivity index (χ4v) is 5.85. The predicted octanol–water partition coefficient (Wildman–Crippen LogP) is 8.15. The van der Waals surface area contributed by atoms with Gasteiger partial charge in [-0.1, -0.05) is 71.8 Å². The number of halogens is 2. The van der Waals surface area contributed by atoms with E-state index in [2.05, 4.69) is 50.9 Å². The highest BCUT2D eigenvalue weighted by Gasteiger charge is 2.29. The zero-order valence-electron chi connectivity index (χ0n) is 21.0. The van der Waals surface area contributed by atoms with Crippen LogP contribution in [0, 0.1) is 6.92 Å². The van der Waals surface area contributed by atoms with Crippen molar-refractivity contribution in [3.63, 3.8) is 0 Å². The molecule has 8 heteroatoms. The van der Waals surface area contributed by atoms with Crippen LogP contribution in [-0.4, -0.2) is 19.2 Å². The molecule has 3 heterocycles. The molecule has 5 aromatic rings. The van der Waals surface area contributed by atoms with Gasteiger partial charge in [-0.15, -0.1) is 0 Å². The summed E-state index contributed by atoms with van der Waals surface area (Å²) in [6, 6.07) is 24.0. The minimum absolute atomic E-state index is 0.583. The van der Waals surface area contributed by atoms with E-state index in [1.54, 1.807) is 0 Å². The number of thiocarbonyl (C=S) groups is 1. The van der Waals surface area contributed by atoms with Gasteiger partial charge in [0.05, 0.1) is 6.54 Å². The monoisotopic (exact) mass is 559 g/mol. The van der Waals surface area contributed by atoms with Crippen LogP contribution in [0.2, 0.25) is 10.0 Å².